The van der Waals surface area contributed by atoms with Gasteiger partial charge in [-0.25, -0.2) is 0 Å². The van der Waals surface area contributed by atoms with Gasteiger partial charge in [0.1, 0.15) is 0 Å². The van der Waals surface area contributed by atoms with E-state index in [4.69, 9.17) is 10.3 Å². The Balaban J connectivity index is 2.47. The van der Waals surface area contributed by atoms with Crippen LogP contribution in [0.1, 0.15) is 58.3 Å². The lowest BCUT2D eigenvalue weighted by Crippen LogP contribution is -2.13. The Morgan fingerprint density at radius 3 is 2.65 bits per heavy atom. The fraction of sp³-hybridized carbons (Fsp3) is 0.833. The summed E-state index contributed by atoms with van der Waals surface area (Å²) >= 11 is 1.84. The highest BCUT2D eigenvalue weighted by molar-refractivity contribution is 7.99. The number of aromatic nitrogens is 2. The molecule has 2 N–H and O–H groups in total. The molecule has 1 rings (SSSR count). The average Bonchev–Trinajstić information content (AvgIpc) is 2.73. The normalized spacial score (nSPS) is 15.2. The predicted octanol–water partition coefficient (Wildman–Crippen LogP) is 3.15. The van der Waals surface area contributed by atoms with E-state index in [0.29, 0.717) is 17.1 Å². The maximum absolute atomic E-state index is 5.99. The van der Waals surface area contributed by atoms with Crippen molar-refractivity contribution in [3.63, 3.8) is 0 Å². The van der Waals surface area contributed by atoms with Crippen molar-refractivity contribution >= 4 is 11.8 Å². The summed E-state index contributed by atoms with van der Waals surface area (Å²) in [7, 11) is 0. The van der Waals surface area contributed by atoms with Crippen LogP contribution in [0.5, 0.6) is 0 Å². The van der Waals surface area contributed by atoms with Crippen LogP contribution in [-0.2, 0) is 5.75 Å². The standard InChI is InChI=1S/C12H23N3OS/c1-5-9(4)17-7-11-14-12(16-15-11)10(13)6-8(2)3/h8-10H,5-7,13H2,1-4H3/t9?,10-/m0/s1. The molecule has 0 aliphatic heterocycles. The number of nitrogens with zero attached hydrogens (tertiary/aromatic N) is 2. The molecule has 1 heterocycles. The Morgan fingerprint density at radius 1 is 1.35 bits per heavy atom. The lowest BCUT2D eigenvalue weighted by Gasteiger charge is -2.08. The summed E-state index contributed by atoms with van der Waals surface area (Å²) in [5.74, 6) is 2.66. The number of nitrogens with two attached hydrogens (primary N) is 1. The molecule has 0 aromatic carbocycles. The quantitative estimate of drug-likeness (QED) is 0.813. The average molecular weight is 257 g/mol. The van der Waals surface area contributed by atoms with Crippen LogP contribution in [0, 0.1) is 5.92 Å². The minimum absolute atomic E-state index is 0.134. The molecule has 4 nitrogen and oxygen atoms in total. The second-order valence-corrected chi connectivity index (χ2v) is 6.24. The predicted molar refractivity (Wildman–Crippen MR) is 71.7 cm³/mol. The number of hydrogen-bond donors (Lipinski definition) is 1. The molecule has 5 heteroatoms. The zero-order valence-corrected chi connectivity index (χ0v) is 12.0. The van der Waals surface area contributed by atoms with Gasteiger partial charge in [0.15, 0.2) is 5.82 Å². The van der Waals surface area contributed by atoms with E-state index in [1.807, 2.05) is 11.8 Å². The van der Waals surface area contributed by atoms with Gasteiger partial charge < -0.3 is 10.3 Å². The molecule has 0 fully saturated rings. The molecule has 0 bridgehead atoms. The summed E-state index contributed by atoms with van der Waals surface area (Å²) in [6, 6.07) is -0.134. The molecule has 0 saturated heterocycles. The summed E-state index contributed by atoms with van der Waals surface area (Å²) in [4.78, 5) is 4.35. The zero-order valence-electron chi connectivity index (χ0n) is 11.1. The lowest BCUT2D eigenvalue weighted by molar-refractivity contribution is 0.333. The van der Waals surface area contributed by atoms with E-state index in [0.717, 1.165) is 24.4 Å². The Morgan fingerprint density at radius 2 is 2.06 bits per heavy atom. The monoisotopic (exact) mass is 257 g/mol. The second kappa shape index (κ2) is 7.01. The van der Waals surface area contributed by atoms with Gasteiger partial charge in [-0.3, -0.25) is 0 Å². The first-order valence-corrected chi connectivity index (χ1v) is 7.27. The van der Waals surface area contributed by atoms with Crippen molar-refractivity contribution in [3.8, 4) is 0 Å². The molecule has 98 valence electrons. The van der Waals surface area contributed by atoms with E-state index in [2.05, 4.69) is 37.8 Å². The van der Waals surface area contributed by atoms with Crippen molar-refractivity contribution in [2.75, 3.05) is 0 Å². The highest BCUT2D eigenvalue weighted by Crippen LogP contribution is 2.21. The van der Waals surface area contributed by atoms with E-state index in [1.54, 1.807) is 0 Å². The topological polar surface area (TPSA) is 64.9 Å². The third-order valence-electron chi connectivity index (χ3n) is 2.60. The zero-order chi connectivity index (χ0) is 12.8. The van der Waals surface area contributed by atoms with Crippen molar-refractivity contribution in [2.45, 2.75) is 57.6 Å². The lowest BCUT2D eigenvalue weighted by atomic mass is 10.0. The van der Waals surface area contributed by atoms with Gasteiger partial charge in [0.05, 0.1) is 11.8 Å². The summed E-state index contributed by atoms with van der Waals surface area (Å²) in [6.07, 6.45) is 2.03. The molecule has 1 unspecified atom stereocenters. The second-order valence-electron chi connectivity index (χ2n) is 4.81. The third-order valence-corrected chi connectivity index (χ3v) is 3.93. The Bertz CT molecular complexity index is 327. The summed E-state index contributed by atoms with van der Waals surface area (Å²) in [5, 5.41) is 4.59. The molecule has 17 heavy (non-hydrogen) atoms. The molecule has 0 saturated carbocycles. The van der Waals surface area contributed by atoms with E-state index in [-0.39, 0.29) is 6.04 Å². The van der Waals surface area contributed by atoms with Crippen LogP contribution in [0.4, 0.5) is 0 Å². The maximum atomic E-state index is 5.99. The van der Waals surface area contributed by atoms with Crippen LogP contribution in [0.25, 0.3) is 0 Å². The smallest absolute Gasteiger partial charge is 0.243 e. The highest BCUT2D eigenvalue weighted by Gasteiger charge is 2.16. The highest BCUT2D eigenvalue weighted by atomic mass is 32.2. The first kappa shape index (κ1) is 14.5. The fourth-order valence-corrected chi connectivity index (χ4v) is 2.21. The Hall–Kier alpha value is -0.550. The molecule has 0 spiro atoms. The molecular weight excluding hydrogens is 234 g/mol. The molecule has 0 aliphatic rings. The van der Waals surface area contributed by atoms with Crippen molar-refractivity contribution in [3.05, 3.63) is 11.7 Å². The number of hydrogen-bond acceptors (Lipinski definition) is 5. The van der Waals surface area contributed by atoms with Gasteiger partial charge in [0, 0.05) is 5.25 Å². The number of rotatable bonds is 7. The summed E-state index contributed by atoms with van der Waals surface area (Å²) < 4.78 is 5.19. The summed E-state index contributed by atoms with van der Waals surface area (Å²) in [6.45, 7) is 8.65. The molecule has 0 aliphatic carbocycles. The maximum Gasteiger partial charge on any atom is 0.243 e. The van der Waals surface area contributed by atoms with Crippen molar-refractivity contribution in [2.24, 2.45) is 11.7 Å². The molecule has 1 aromatic heterocycles. The molecule has 0 radical (unpaired) electrons. The van der Waals surface area contributed by atoms with Crippen LogP contribution in [-0.4, -0.2) is 15.4 Å². The SMILES string of the molecule is CCC(C)SCc1noc([C@@H](N)CC(C)C)n1. The molecule has 2 atom stereocenters. The Labute approximate surface area is 108 Å². The van der Waals surface area contributed by atoms with E-state index >= 15 is 0 Å². The van der Waals surface area contributed by atoms with Gasteiger partial charge in [-0.15, -0.1) is 0 Å². The van der Waals surface area contributed by atoms with Gasteiger partial charge in [-0.2, -0.15) is 16.7 Å². The van der Waals surface area contributed by atoms with Crippen molar-refractivity contribution in [1.29, 1.82) is 0 Å². The molecule has 0 amide bonds. The largest absolute Gasteiger partial charge is 0.338 e. The third kappa shape index (κ3) is 5.08. The van der Waals surface area contributed by atoms with Crippen LogP contribution in [0.2, 0.25) is 0 Å². The fourth-order valence-electron chi connectivity index (χ4n) is 1.42. The first-order valence-electron chi connectivity index (χ1n) is 6.22. The summed E-state index contributed by atoms with van der Waals surface area (Å²) in [5.41, 5.74) is 5.99. The van der Waals surface area contributed by atoms with Gasteiger partial charge in [-0.1, -0.05) is 32.9 Å². The van der Waals surface area contributed by atoms with Crippen molar-refractivity contribution < 1.29 is 4.52 Å². The minimum atomic E-state index is -0.134. The van der Waals surface area contributed by atoms with E-state index in [9.17, 15) is 0 Å². The Kier molecular flexibility index (Phi) is 5.98. The van der Waals surface area contributed by atoms with Crippen LogP contribution >= 0.6 is 11.8 Å². The van der Waals surface area contributed by atoms with Gasteiger partial charge >= 0.3 is 0 Å². The van der Waals surface area contributed by atoms with Gasteiger partial charge in [0.2, 0.25) is 5.89 Å². The molecular formula is C12H23N3OS. The van der Waals surface area contributed by atoms with Crippen LogP contribution in [0.3, 0.4) is 0 Å². The van der Waals surface area contributed by atoms with E-state index < -0.39 is 0 Å². The van der Waals surface area contributed by atoms with Gasteiger partial charge in [-0.05, 0) is 18.8 Å². The first-order chi connectivity index (χ1) is 8.02. The van der Waals surface area contributed by atoms with E-state index in [1.165, 1.54) is 0 Å². The number of thioether (sulfide) groups is 1. The van der Waals surface area contributed by atoms with Crippen LogP contribution in [0.15, 0.2) is 4.52 Å². The minimum Gasteiger partial charge on any atom is -0.338 e. The van der Waals surface area contributed by atoms with Gasteiger partial charge in [0.25, 0.3) is 0 Å². The van der Waals surface area contributed by atoms with Crippen LogP contribution < -0.4 is 5.73 Å². The molecule has 1 aromatic rings. The van der Waals surface area contributed by atoms with Crippen molar-refractivity contribution in [1.82, 2.24) is 10.1 Å².